The highest BCUT2D eigenvalue weighted by Gasteiger charge is 1.99. The molecule has 0 saturated heterocycles. The lowest BCUT2D eigenvalue weighted by atomic mass is 10.2. The van der Waals surface area contributed by atoms with Crippen LogP contribution < -0.4 is 5.43 Å². The molecule has 60 valence electrons. The maximum atomic E-state index is 11.3. The third-order valence-electron chi connectivity index (χ3n) is 1.60. The van der Waals surface area contributed by atoms with Gasteiger partial charge in [-0.15, -0.1) is 0 Å². The number of halogens is 1. The second kappa shape index (κ2) is 2.75. The summed E-state index contributed by atoms with van der Waals surface area (Å²) >= 11 is 3.12. The highest BCUT2D eigenvalue weighted by Crippen LogP contribution is 2.14. The molecular weight excluding hydrogens is 220 g/mol. The van der Waals surface area contributed by atoms with Crippen LogP contribution in [0.3, 0.4) is 0 Å². The van der Waals surface area contributed by atoms with E-state index in [-0.39, 0.29) is 5.43 Å². The molecule has 3 heteroatoms. The van der Waals surface area contributed by atoms with Crippen molar-refractivity contribution in [3.8, 4) is 0 Å². The third kappa shape index (κ3) is 1.16. The number of hydrogen-bond donors (Lipinski definition) is 0. The fraction of sp³-hybridized carbons (Fsp3) is 0. The molecule has 1 aromatic heterocycles. The molecular formula is C9H5BrO2. The largest absolute Gasteiger partial charge is 0.449 e. The van der Waals surface area contributed by atoms with Crippen LogP contribution in [0.2, 0.25) is 0 Å². The van der Waals surface area contributed by atoms with Gasteiger partial charge in [0.05, 0.1) is 5.39 Å². The maximum absolute atomic E-state index is 11.3. The standard InChI is InChI=1S/C9H5BrO2/c10-9-5-7(11)6-3-1-2-4-8(6)12-9/h1-5H. The highest BCUT2D eigenvalue weighted by atomic mass is 79.9. The Labute approximate surface area is 76.9 Å². The van der Waals surface area contributed by atoms with Crippen molar-refractivity contribution >= 4 is 26.9 Å². The molecule has 2 rings (SSSR count). The molecule has 0 bridgehead atoms. The lowest BCUT2D eigenvalue weighted by molar-refractivity contribution is 0.573. The van der Waals surface area contributed by atoms with Crippen LogP contribution in [0.4, 0.5) is 0 Å². The summed E-state index contributed by atoms with van der Waals surface area (Å²) in [5.74, 6) is 0. The van der Waals surface area contributed by atoms with Gasteiger partial charge in [0, 0.05) is 6.07 Å². The number of para-hydroxylation sites is 1. The fourth-order valence-electron chi connectivity index (χ4n) is 1.07. The molecule has 0 atom stereocenters. The smallest absolute Gasteiger partial charge is 0.193 e. The molecule has 0 saturated carbocycles. The summed E-state index contributed by atoms with van der Waals surface area (Å²) in [6.45, 7) is 0. The zero-order chi connectivity index (χ0) is 8.55. The molecule has 0 fully saturated rings. The SMILES string of the molecule is O=c1cc(Br)oc2ccccc12. The van der Waals surface area contributed by atoms with Crippen LogP contribution in [0, 0.1) is 0 Å². The molecule has 2 nitrogen and oxygen atoms in total. The van der Waals surface area contributed by atoms with Crippen LogP contribution in [0.1, 0.15) is 0 Å². The molecule has 1 heterocycles. The first kappa shape index (κ1) is 7.55. The Kier molecular flexibility index (Phi) is 1.73. The predicted molar refractivity (Wildman–Crippen MR) is 50.2 cm³/mol. The lowest BCUT2D eigenvalue weighted by Gasteiger charge is -1.94. The number of rotatable bonds is 0. The summed E-state index contributed by atoms with van der Waals surface area (Å²) in [7, 11) is 0. The van der Waals surface area contributed by atoms with Crippen molar-refractivity contribution in [3.05, 3.63) is 45.2 Å². The van der Waals surface area contributed by atoms with Gasteiger partial charge in [-0.1, -0.05) is 12.1 Å². The van der Waals surface area contributed by atoms with Crippen molar-refractivity contribution in [3.63, 3.8) is 0 Å². The third-order valence-corrected chi connectivity index (χ3v) is 2.00. The van der Waals surface area contributed by atoms with Gasteiger partial charge in [-0.3, -0.25) is 4.79 Å². The fourth-order valence-corrected chi connectivity index (χ4v) is 1.46. The summed E-state index contributed by atoms with van der Waals surface area (Å²) in [5.41, 5.74) is 0.584. The zero-order valence-electron chi connectivity index (χ0n) is 6.08. The molecule has 0 aliphatic carbocycles. The Balaban J connectivity index is 2.99. The zero-order valence-corrected chi connectivity index (χ0v) is 7.67. The van der Waals surface area contributed by atoms with E-state index in [4.69, 9.17) is 4.42 Å². The van der Waals surface area contributed by atoms with E-state index in [1.165, 1.54) is 6.07 Å². The Hall–Kier alpha value is -1.09. The summed E-state index contributed by atoms with van der Waals surface area (Å²) in [5, 5.41) is 0.612. The van der Waals surface area contributed by atoms with Crippen molar-refractivity contribution in [2.45, 2.75) is 0 Å². The number of fused-ring (bicyclic) bond motifs is 1. The monoisotopic (exact) mass is 224 g/mol. The quantitative estimate of drug-likeness (QED) is 0.689. The first-order valence-corrected chi connectivity index (χ1v) is 4.25. The minimum absolute atomic E-state index is 0.0243. The van der Waals surface area contributed by atoms with E-state index < -0.39 is 0 Å². The average Bonchev–Trinajstić information content (AvgIpc) is 2.04. The molecule has 0 radical (unpaired) electrons. The summed E-state index contributed by atoms with van der Waals surface area (Å²) < 4.78 is 5.72. The molecule has 1 aromatic carbocycles. The van der Waals surface area contributed by atoms with Gasteiger partial charge in [0.1, 0.15) is 5.58 Å². The first-order chi connectivity index (χ1) is 5.77. The minimum atomic E-state index is -0.0243. The van der Waals surface area contributed by atoms with E-state index in [9.17, 15) is 4.79 Å². The number of hydrogen-bond acceptors (Lipinski definition) is 2. The Morgan fingerprint density at radius 2 is 2.00 bits per heavy atom. The predicted octanol–water partition coefficient (Wildman–Crippen LogP) is 2.56. The van der Waals surface area contributed by atoms with E-state index in [1.54, 1.807) is 12.1 Å². The Morgan fingerprint density at radius 1 is 1.25 bits per heavy atom. The summed E-state index contributed by atoms with van der Waals surface area (Å²) in [4.78, 5) is 11.3. The van der Waals surface area contributed by atoms with Crippen molar-refractivity contribution < 1.29 is 4.42 Å². The van der Waals surface area contributed by atoms with Gasteiger partial charge in [-0.25, -0.2) is 0 Å². The van der Waals surface area contributed by atoms with Crippen molar-refractivity contribution in [1.29, 1.82) is 0 Å². The van der Waals surface area contributed by atoms with E-state index in [0.29, 0.717) is 15.6 Å². The molecule has 0 aliphatic heterocycles. The molecule has 0 spiro atoms. The summed E-state index contributed by atoms with van der Waals surface area (Å²) in [6, 6.07) is 8.57. The van der Waals surface area contributed by atoms with Crippen molar-refractivity contribution in [1.82, 2.24) is 0 Å². The normalized spacial score (nSPS) is 10.4. The van der Waals surface area contributed by atoms with Crippen LogP contribution in [0.15, 0.2) is 44.2 Å². The van der Waals surface area contributed by atoms with Crippen LogP contribution in [-0.4, -0.2) is 0 Å². The van der Waals surface area contributed by atoms with Crippen LogP contribution in [0.25, 0.3) is 11.0 Å². The van der Waals surface area contributed by atoms with Gasteiger partial charge in [0.15, 0.2) is 10.1 Å². The van der Waals surface area contributed by atoms with Gasteiger partial charge >= 0.3 is 0 Å². The average molecular weight is 225 g/mol. The van der Waals surface area contributed by atoms with Gasteiger partial charge in [0.2, 0.25) is 0 Å². The molecule has 12 heavy (non-hydrogen) atoms. The van der Waals surface area contributed by atoms with E-state index in [2.05, 4.69) is 15.9 Å². The second-order valence-electron chi connectivity index (χ2n) is 2.41. The second-order valence-corrected chi connectivity index (χ2v) is 3.19. The first-order valence-electron chi connectivity index (χ1n) is 3.46. The molecule has 0 unspecified atom stereocenters. The van der Waals surface area contributed by atoms with E-state index in [1.807, 2.05) is 12.1 Å². The molecule has 2 aromatic rings. The molecule has 0 N–H and O–H groups in total. The molecule has 0 aliphatic rings. The Bertz CT molecular complexity index is 473. The van der Waals surface area contributed by atoms with Gasteiger partial charge in [0.25, 0.3) is 0 Å². The van der Waals surface area contributed by atoms with Crippen LogP contribution in [-0.2, 0) is 0 Å². The van der Waals surface area contributed by atoms with E-state index in [0.717, 1.165) is 0 Å². The maximum Gasteiger partial charge on any atom is 0.193 e. The van der Waals surface area contributed by atoms with Gasteiger partial charge in [-0.05, 0) is 28.1 Å². The summed E-state index contributed by atoms with van der Waals surface area (Å²) in [6.07, 6.45) is 0. The van der Waals surface area contributed by atoms with E-state index >= 15 is 0 Å². The van der Waals surface area contributed by atoms with Crippen molar-refractivity contribution in [2.75, 3.05) is 0 Å². The van der Waals surface area contributed by atoms with Crippen LogP contribution in [0.5, 0.6) is 0 Å². The Morgan fingerprint density at radius 3 is 2.83 bits per heavy atom. The van der Waals surface area contributed by atoms with Crippen molar-refractivity contribution in [2.24, 2.45) is 0 Å². The van der Waals surface area contributed by atoms with Crippen LogP contribution >= 0.6 is 15.9 Å². The highest BCUT2D eigenvalue weighted by molar-refractivity contribution is 9.10. The van der Waals surface area contributed by atoms with Gasteiger partial charge < -0.3 is 4.42 Å². The lowest BCUT2D eigenvalue weighted by Crippen LogP contribution is -1.97. The number of benzene rings is 1. The topological polar surface area (TPSA) is 30.2 Å². The minimum Gasteiger partial charge on any atom is -0.449 e. The van der Waals surface area contributed by atoms with Gasteiger partial charge in [-0.2, -0.15) is 0 Å². The molecule has 0 amide bonds.